The van der Waals surface area contributed by atoms with Gasteiger partial charge in [0.1, 0.15) is 11.5 Å². The Balaban J connectivity index is 1.98. The predicted octanol–water partition coefficient (Wildman–Crippen LogP) is 2.29. The molecule has 0 bridgehead atoms. The van der Waals surface area contributed by atoms with Crippen molar-refractivity contribution in [3.05, 3.63) is 40.5 Å². The smallest absolute Gasteiger partial charge is 0.138 e. The minimum atomic E-state index is 0.683. The maximum Gasteiger partial charge on any atom is 0.138 e. The molecular weight excluding hydrogens is 242 g/mol. The molecule has 0 aromatic carbocycles. The number of pyridine rings is 1. The summed E-state index contributed by atoms with van der Waals surface area (Å²) in [5.41, 5.74) is 3.96. The molecule has 5 heteroatoms. The summed E-state index contributed by atoms with van der Waals surface area (Å²) >= 11 is 0. The molecule has 2 rings (SSSR count). The van der Waals surface area contributed by atoms with Gasteiger partial charge in [-0.15, -0.1) is 0 Å². The van der Waals surface area contributed by atoms with Crippen molar-refractivity contribution >= 4 is 0 Å². The molecule has 0 unspecified atom stereocenters. The molecule has 0 amide bonds. The average Bonchev–Trinajstić information content (AvgIpc) is 2.69. The fraction of sp³-hybridized carbons (Fsp3) is 0.429. The van der Waals surface area contributed by atoms with E-state index in [4.69, 9.17) is 9.26 Å². The lowest BCUT2D eigenvalue weighted by atomic mass is 10.2. The van der Waals surface area contributed by atoms with E-state index >= 15 is 0 Å². The molecule has 1 N–H and O–H groups in total. The SMILES string of the molecule is COc1cc(C)nc(CNCc2c(C)noc2C)c1. The summed E-state index contributed by atoms with van der Waals surface area (Å²) in [5.74, 6) is 1.70. The van der Waals surface area contributed by atoms with E-state index in [0.717, 1.165) is 40.7 Å². The van der Waals surface area contributed by atoms with Gasteiger partial charge < -0.3 is 14.6 Å². The third-order valence-electron chi connectivity index (χ3n) is 3.00. The largest absolute Gasteiger partial charge is 0.497 e. The molecule has 5 nitrogen and oxygen atoms in total. The van der Waals surface area contributed by atoms with E-state index in [2.05, 4.69) is 15.5 Å². The molecular formula is C14H19N3O2. The molecule has 0 saturated heterocycles. The topological polar surface area (TPSA) is 60.2 Å². The van der Waals surface area contributed by atoms with Crippen LogP contribution in [0.5, 0.6) is 5.75 Å². The van der Waals surface area contributed by atoms with Gasteiger partial charge in [0.05, 0.1) is 18.5 Å². The van der Waals surface area contributed by atoms with E-state index in [1.165, 1.54) is 0 Å². The van der Waals surface area contributed by atoms with Gasteiger partial charge in [-0.05, 0) is 20.8 Å². The Morgan fingerprint density at radius 1 is 1.21 bits per heavy atom. The van der Waals surface area contributed by atoms with Crippen molar-refractivity contribution in [2.24, 2.45) is 0 Å². The van der Waals surface area contributed by atoms with Gasteiger partial charge in [-0.3, -0.25) is 4.98 Å². The molecule has 0 aliphatic rings. The van der Waals surface area contributed by atoms with Gasteiger partial charge in [0, 0.05) is 36.5 Å². The highest BCUT2D eigenvalue weighted by atomic mass is 16.5. The Morgan fingerprint density at radius 2 is 2.00 bits per heavy atom. The number of nitrogens with one attached hydrogen (secondary N) is 1. The monoisotopic (exact) mass is 261 g/mol. The normalized spacial score (nSPS) is 10.7. The summed E-state index contributed by atoms with van der Waals surface area (Å²) in [6.45, 7) is 7.23. The Kier molecular flexibility index (Phi) is 4.16. The Labute approximate surface area is 113 Å². The first-order valence-corrected chi connectivity index (χ1v) is 6.24. The summed E-state index contributed by atoms with van der Waals surface area (Å²) < 4.78 is 10.4. The van der Waals surface area contributed by atoms with Crippen LogP contribution in [0.25, 0.3) is 0 Å². The van der Waals surface area contributed by atoms with Crippen LogP contribution < -0.4 is 10.1 Å². The lowest BCUT2D eigenvalue weighted by Gasteiger charge is -2.07. The van der Waals surface area contributed by atoms with Crippen LogP contribution in [-0.2, 0) is 13.1 Å². The highest BCUT2D eigenvalue weighted by Gasteiger charge is 2.08. The van der Waals surface area contributed by atoms with E-state index in [1.807, 2.05) is 32.9 Å². The molecule has 102 valence electrons. The van der Waals surface area contributed by atoms with Crippen molar-refractivity contribution in [2.45, 2.75) is 33.9 Å². The van der Waals surface area contributed by atoms with Crippen LogP contribution in [0.4, 0.5) is 0 Å². The highest BCUT2D eigenvalue weighted by Crippen LogP contribution is 2.14. The zero-order valence-electron chi connectivity index (χ0n) is 11.8. The van der Waals surface area contributed by atoms with E-state index in [1.54, 1.807) is 7.11 Å². The summed E-state index contributed by atoms with van der Waals surface area (Å²) in [6.07, 6.45) is 0. The third-order valence-corrected chi connectivity index (χ3v) is 3.00. The second kappa shape index (κ2) is 5.84. The first-order chi connectivity index (χ1) is 9.10. The third kappa shape index (κ3) is 3.32. The number of hydrogen-bond donors (Lipinski definition) is 1. The van der Waals surface area contributed by atoms with E-state index in [-0.39, 0.29) is 0 Å². The minimum absolute atomic E-state index is 0.683. The number of aromatic nitrogens is 2. The van der Waals surface area contributed by atoms with Gasteiger partial charge >= 0.3 is 0 Å². The van der Waals surface area contributed by atoms with E-state index < -0.39 is 0 Å². The maximum atomic E-state index is 5.23. The standard InChI is InChI=1S/C14H19N3O2/c1-9-5-13(18-4)6-12(16-9)7-15-8-14-10(2)17-19-11(14)3/h5-6,15H,7-8H2,1-4H3. The average molecular weight is 261 g/mol. The number of hydrogen-bond acceptors (Lipinski definition) is 5. The van der Waals surface area contributed by atoms with E-state index in [0.29, 0.717) is 6.54 Å². The van der Waals surface area contributed by atoms with Crippen molar-refractivity contribution in [2.75, 3.05) is 7.11 Å². The Morgan fingerprint density at radius 3 is 2.63 bits per heavy atom. The van der Waals surface area contributed by atoms with Crippen LogP contribution in [0.15, 0.2) is 16.7 Å². The summed E-state index contributed by atoms with van der Waals surface area (Å²) in [4.78, 5) is 4.46. The van der Waals surface area contributed by atoms with Crippen molar-refractivity contribution < 1.29 is 9.26 Å². The fourth-order valence-electron chi connectivity index (χ4n) is 1.98. The lowest BCUT2D eigenvalue weighted by molar-refractivity contribution is 0.391. The zero-order valence-corrected chi connectivity index (χ0v) is 11.8. The molecule has 0 radical (unpaired) electrons. The maximum absolute atomic E-state index is 5.23. The second-order valence-electron chi connectivity index (χ2n) is 4.55. The summed E-state index contributed by atoms with van der Waals surface area (Å²) in [5, 5.41) is 7.28. The number of nitrogens with zero attached hydrogens (tertiary/aromatic N) is 2. The minimum Gasteiger partial charge on any atom is -0.497 e. The summed E-state index contributed by atoms with van der Waals surface area (Å²) in [7, 11) is 1.66. The molecule has 19 heavy (non-hydrogen) atoms. The quantitative estimate of drug-likeness (QED) is 0.894. The van der Waals surface area contributed by atoms with Crippen LogP contribution in [0.3, 0.4) is 0 Å². The number of methoxy groups -OCH3 is 1. The first-order valence-electron chi connectivity index (χ1n) is 6.24. The van der Waals surface area contributed by atoms with Gasteiger partial charge in [0.15, 0.2) is 0 Å². The van der Waals surface area contributed by atoms with Crippen LogP contribution in [0, 0.1) is 20.8 Å². The van der Waals surface area contributed by atoms with Gasteiger partial charge in [-0.25, -0.2) is 0 Å². The Hall–Kier alpha value is -1.88. The van der Waals surface area contributed by atoms with Crippen LogP contribution >= 0.6 is 0 Å². The van der Waals surface area contributed by atoms with Crippen molar-refractivity contribution in [3.8, 4) is 5.75 Å². The van der Waals surface area contributed by atoms with Crippen LogP contribution in [-0.4, -0.2) is 17.3 Å². The molecule has 0 aliphatic heterocycles. The molecule has 0 saturated carbocycles. The molecule has 0 atom stereocenters. The number of aryl methyl sites for hydroxylation is 3. The first kappa shape index (κ1) is 13.5. The molecule has 2 heterocycles. The van der Waals surface area contributed by atoms with Crippen LogP contribution in [0.1, 0.15) is 28.4 Å². The summed E-state index contributed by atoms with van der Waals surface area (Å²) in [6, 6.07) is 3.85. The molecule has 0 aliphatic carbocycles. The van der Waals surface area contributed by atoms with Gasteiger partial charge in [0.2, 0.25) is 0 Å². The molecule has 2 aromatic rings. The number of ether oxygens (including phenoxy) is 1. The zero-order chi connectivity index (χ0) is 13.8. The molecule has 0 spiro atoms. The van der Waals surface area contributed by atoms with Gasteiger partial charge in [-0.1, -0.05) is 5.16 Å². The molecule has 0 fully saturated rings. The number of rotatable bonds is 5. The van der Waals surface area contributed by atoms with Crippen molar-refractivity contribution in [1.29, 1.82) is 0 Å². The fourth-order valence-corrected chi connectivity index (χ4v) is 1.98. The van der Waals surface area contributed by atoms with Crippen LogP contribution in [0.2, 0.25) is 0 Å². The lowest BCUT2D eigenvalue weighted by Crippen LogP contribution is -2.15. The van der Waals surface area contributed by atoms with E-state index in [9.17, 15) is 0 Å². The molecule has 2 aromatic heterocycles. The van der Waals surface area contributed by atoms with Gasteiger partial charge in [0.25, 0.3) is 0 Å². The highest BCUT2D eigenvalue weighted by molar-refractivity contribution is 5.27. The second-order valence-corrected chi connectivity index (χ2v) is 4.55. The van der Waals surface area contributed by atoms with Gasteiger partial charge in [-0.2, -0.15) is 0 Å². The van der Waals surface area contributed by atoms with Crippen molar-refractivity contribution in [1.82, 2.24) is 15.5 Å². The Bertz CT molecular complexity index is 544. The predicted molar refractivity (Wildman–Crippen MR) is 72.0 cm³/mol. The van der Waals surface area contributed by atoms with Crippen molar-refractivity contribution in [3.63, 3.8) is 0 Å².